The lowest BCUT2D eigenvalue weighted by Crippen LogP contribution is -2.35. The minimum Gasteiger partial charge on any atom is -0.395 e. The van der Waals surface area contributed by atoms with E-state index in [0.717, 1.165) is 0 Å². The summed E-state index contributed by atoms with van der Waals surface area (Å²) in [7, 11) is 0. The first-order valence-corrected chi connectivity index (χ1v) is 5.54. The Hall–Kier alpha value is -1.36. The number of aromatic nitrogens is 2. The molecule has 16 heavy (non-hydrogen) atoms. The molecule has 0 radical (unpaired) electrons. The molecule has 0 saturated carbocycles. The van der Waals surface area contributed by atoms with Gasteiger partial charge in [-0.15, -0.1) is 0 Å². The van der Waals surface area contributed by atoms with E-state index in [1.165, 1.54) is 0 Å². The van der Waals surface area contributed by atoms with Gasteiger partial charge in [-0.3, -0.25) is 4.79 Å². The van der Waals surface area contributed by atoms with Crippen LogP contribution < -0.4 is 10.5 Å². The van der Waals surface area contributed by atoms with E-state index in [-0.39, 0.29) is 18.2 Å². The van der Waals surface area contributed by atoms with Crippen LogP contribution in [0.3, 0.4) is 0 Å². The summed E-state index contributed by atoms with van der Waals surface area (Å²) in [4.78, 5) is 17.9. The molecule has 0 spiro atoms. The van der Waals surface area contributed by atoms with Crippen LogP contribution in [0.25, 0.3) is 0 Å². The quantitative estimate of drug-likeness (QED) is 0.799. The highest BCUT2D eigenvalue weighted by Gasteiger charge is 2.12. The molecule has 0 aromatic carbocycles. The van der Waals surface area contributed by atoms with Gasteiger partial charge in [0.2, 0.25) is 0 Å². The van der Waals surface area contributed by atoms with Crippen molar-refractivity contribution < 1.29 is 5.11 Å². The van der Waals surface area contributed by atoms with Crippen molar-refractivity contribution in [3.05, 3.63) is 22.7 Å². The Balaban J connectivity index is 3.13. The number of hydrogen-bond donors (Lipinski definition) is 1. The molecule has 5 nitrogen and oxygen atoms in total. The van der Waals surface area contributed by atoms with Crippen molar-refractivity contribution in [2.24, 2.45) is 0 Å². The third-order valence-corrected chi connectivity index (χ3v) is 2.46. The highest BCUT2D eigenvalue weighted by atomic mass is 16.3. The van der Waals surface area contributed by atoms with E-state index in [0.29, 0.717) is 18.9 Å². The zero-order valence-electron chi connectivity index (χ0n) is 10.1. The highest BCUT2D eigenvalue weighted by Crippen LogP contribution is 2.05. The smallest absolute Gasteiger partial charge is 0.293 e. The molecule has 0 bridgehead atoms. The second-order valence-corrected chi connectivity index (χ2v) is 3.86. The molecule has 0 unspecified atom stereocenters. The molecule has 0 fully saturated rings. The minimum absolute atomic E-state index is 0.0194. The van der Waals surface area contributed by atoms with Crippen molar-refractivity contribution in [2.75, 3.05) is 24.6 Å². The Bertz CT molecular complexity index is 387. The molecular formula is C11H19N3O2. The predicted molar refractivity (Wildman–Crippen MR) is 63.9 cm³/mol. The first-order valence-electron chi connectivity index (χ1n) is 5.54. The first kappa shape index (κ1) is 12.7. The maximum atomic E-state index is 12.1. The Morgan fingerprint density at radius 3 is 2.75 bits per heavy atom. The summed E-state index contributed by atoms with van der Waals surface area (Å²) in [6.45, 7) is 6.95. The molecule has 0 atom stereocenters. The lowest BCUT2D eigenvalue weighted by molar-refractivity contribution is 0.302. The first-order chi connectivity index (χ1) is 7.61. The predicted octanol–water partition coefficient (Wildman–Crippen LogP) is 0.643. The number of aliphatic hydroxyl groups is 1. The molecule has 0 aliphatic rings. The molecule has 1 heterocycles. The van der Waals surface area contributed by atoms with Crippen molar-refractivity contribution >= 4 is 5.82 Å². The number of nitrogens with zero attached hydrogens (tertiary/aromatic N) is 3. The Labute approximate surface area is 95.4 Å². The normalized spacial score (nSPS) is 10.8. The molecular weight excluding hydrogens is 206 g/mol. The van der Waals surface area contributed by atoms with Gasteiger partial charge >= 0.3 is 0 Å². The summed E-state index contributed by atoms with van der Waals surface area (Å²) in [5.74, 6) is 0.410. The van der Waals surface area contributed by atoms with E-state index < -0.39 is 0 Å². The number of rotatable bonds is 5. The zero-order valence-corrected chi connectivity index (χ0v) is 10.1. The fourth-order valence-corrected chi connectivity index (χ4v) is 1.57. The summed E-state index contributed by atoms with van der Waals surface area (Å²) in [5, 5.41) is 8.92. The SMILES string of the molecule is CCN(CCO)c1nccn(C(C)C)c1=O. The van der Waals surface area contributed by atoms with Crippen LogP contribution in [0.2, 0.25) is 0 Å². The van der Waals surface area contributed by atoms with Crippen LogP contribution in [0.1, 0.15) is 26.8 Å². The van der Waals surface area contributed by atoms with E-state index in [1.54, 1.807) is 21.9 Å². The van der Waals surface area contributed by atoms with Gasteiger partial charge in [-0.2, -0.15) is 0 Å². The van der Waals surface area contributed by atoms with Crippen LogP contribution in [0, 0.1) is 0 Å². The summed E-state index contributed by atoms with van der Waals surface area (Å²) < 4.78 is 1.64. The zero-order chi connectivity index (χ0) is 12.1. The molecule has 1 aromatic rings. The van der Waals surface area contributed by atoms with E-state index in [1.807, 2.05) is 20.8 Å². The minimum atomic E-state index is -0.104. The molecule has 1 rings (SSSR count). The molecule has 0 saturated heterocycles. The average Bonchev–Trinajstić information content (AvgIpc) is 2.26. The Morgan fingerprint density at radius 2 is 2.25 bits per heavy atom. The van der Waals surface area contributed by atoms with E-state index >= 15 is 0 Å². The summed E-state index contributed by atoms with van der Waals surface area (Å²) in [5.41, 5.74) is -0.104. The molecule has 0 amide bonds. The van der Waals surface area contributed by atoms with Crippen LogP contribution in [0.4, 0.5) is 5.82 Å². The van der Waals surface area contributed by atoms with Crippen molar-refractivity contribution in [3.8, 4) is 0 Å². The van der Waals surface area contributed by atoms with Crippen molar-refractivity contribution in [2.45, 2.75) is 26.8 Å². The van der Waals surface area contributed by atoms with Crippen LogP contribution in [-0.2, 0) is 0 Å². The van der Waals surface area contributed by atoms with Gasteiger partial charge in [-0.05, 0) is 20.8 Å². The van der Waals surface area contributed by atoms with E-state index in [9.17, 15) is 4.79 Å². The van der Waals surface area contributed by atoms with Crippen molar-refractivity contribution in [3.63, 3.8) is 0 Å². The molecule has 90 valence electrons. The van der Waals surface area contributed by atoms with Crippen LogP contribution in [0.15, 0.2) is 17.2 Å². The maximum Gasteiger partial charge on any atom is 0.293 e. The summed E-state index contributed by atoms with van der Waals surface area (Å²) in [6.07, 6.45) is 3.31. The number of hydrogen-bond acceptors (Lipinski definition) is 4. The lowest BCUT2D eigenvalue weighted by atomic mass is 10.3. The average molecular weight is 225 g/mol. The number of aliphatic hydroxyl groups excluding tert-OH is 1. The number of anilines is 1. The van der Waals surface area contributed by atoms with Gasteiger partial charge in [0.25, 0.3) is 5.56 Å². The fraction of sp³-hybridized carbons (Fsp3) is 0.636. The van der Waals surface area contributed by atoms with E-state index in [4.69, 9.17) is 5.11 Å². The van der Waals surface area contributed by atoms with Gasteiger partial charge in [0.05, 0.1) is 6.61 Å². The highest BCUT2D eigenvalue weighted by molar-refractivity contribution is 5.35. The monoisotopic (exact) mass is 225 g/mol. The second-order valence-electron chi connectivity index (χ2n) is 3.86. The van der Waals surface area contributed by atoms with Gasteiger partial charge in [0.1, 0.15) is 0 Å². The van der Waals surface area contributed by atoms with Crippen LogP contribution in [-0.4, -0.2) is 34.4 Å². The number of likely N-dealkylation sites (N-methyl/N-ethyl adjacent to an activating group) is 1. The van der Waals surface area contributed by atoms with Gasteiger partial charge in [0.15, 0.2) is 5.82 Å². The van der Waals surface area contributed by atoms with Gasteiger partial charge < -0.3 is 14.6 Å². The van der Waals surface area contributed by atoms with Crippen LogP contribution >= 0.6 is 0 Å². The fourth-order valence-electron chi connectivity index (χ4n) is 1.57. The van der Waals surface area contributed by atoms with Crippen molar-refractivity contribution in [1.82, 2.24) is 9.55 Å². The Kier molecular flexibility index (Phi) is 4.49. The third-order valence-electron chi connectivity index (χ3n) is 2.46. The molecule has 0 aliphatic heterocycles. The standard InChI is InChI=1S/C11H19N3O2/c1-4-13(7-8-15)10-11(16)14(9(2)3)6-5-12-10/h5-6,9,15H,4,7-8H2,1-3H3. The molecule has 1 aromatic heterocycles. The molecule has 5 heteroatoms. The largest absolute Gasteiger partial charge is 0.395 e. The summed E-state index contributed by atoms with van der Waals surface area (Å²) in [6, 6.07) is 0.113. The second kappa shape index (κ2) is 5.65. The van der Waals surface area contributed by atoms with Crippen molar-refractivity contribution in [1.29, 1.82) is 0 Å². The van der Waals surface area contributed by atoms with Gasteiger partial charge in [0, 0.05) is 31.5 Å². The topological polar surface area (TPSA) is 58.4 Å². The van der Waals surface area contributed by atoms with Gasteiger partial charge in [-0.1, -0.05) is 0 Å². The summed E-state index contributed by atoms with van der Waals surface area (Å²) >= 11 is 0. The maximum absolute atomic E-state index is 12.1. The molecule has 1 N–H and O–H groups in total. The lowest BCUT2D eigenvalue weighted by Gasteiger charge is -2.21. The van der Waals surface area contributed by atoms with Crippen LogP contribution in [0.5, 0.6) is 0 Å². The van der Waals surface area contributed by atoms with E-state index in [2.05, 4.69) is 4.98 Å². The molecule has 0 aliphatic carbocycles. The third kappa shape index (κ3) is 2.61. The Morgan fingerprint density at radius 1 is 1.56 bits per heavy atom. The van der Waals surface area contributed by atoms with Gasteiger partial charge in [-0.25, -0.2) is 4.98 Å².